The van der Waals surface area contributed by atoms with Gasteiger partial charge < -0.3 is 44.5 Å². The molecule has 0 bridgehead atoms. The van der Waals surface area contributed by atoms with Crippen molar-refractivity contribution in [1.82, 2.24) is 0 Å². The van der Waals surface area contributed by atoms with Crippen LogP contribution in [0, 0.1) is 0 Å². The minimum Gasteiger partial charge on any atom is -0.462 e. The molecule has 51 heavy (non-hydrogen) atoms. The van der Waals surface area contributed by atoms with Gasteiger partial charge >= 0.3 is 5.97 Å². The van der Waals surface area contributed by atoms with Crippen LogP contribution >= 0.6 is 0 Å². The Morgan fingerprint density at radius 2 is 1.16 bits per heavy atom. The number of nitrogens with one attached hydrogen (secondary N) is 1. The molecule has 0 aromatic heterocycles. The Bertz CT molecular complexity index is 1770. The van der Waals surface area contributed by atoms with Crippen LogP contribution in [0.3, 0.4) is 0 Å². The Hall–Kier alpha value is -6.09. The number of hydrogen-bond acceptors (Lipinski definition) is 9. The van der Waals surface area contributed by atoms with Crippen molar-refractivity contribution >= 4 is 68.7 Å². The molecule has 1 atom stereocenters. The van der Waals surface area contributed by atoms with Crippen molar-refractivity contribution in [2.24, 2.45) is 0 Å². The first-order valence-electron chi connectivity index (χ1n) is 17.1. The Morgan fingerprint density at radius 3 is 1.61 bits per heavy atom. The average molecular weight is 692 g/mol. The summed E-state index contributed by atoms with van der Waals surface area (Å²) in [7, 11) is 0. The first-order chi connectivity index (χ1) is 24.4. The summed E-state index contributed by atoms with van der Waals surface area (Å²) in [4.78, 5) is 11.5. The summed E-state index contributed by atoms with van der Waals surface area (Å²) in [5.41, 5.74) is 41.7. The van der Waals surface area contributed by atoms with E-state index in [2.05, 4.69) is 39.2 Å². The van der Waals surface area contributed by atoms with Gasteiger partial charge in [-0.1, -0.05) is 76.3 Å². The number of carbonyl (C=O) groups excluding carboxylic acids is 1. The van der Waals surface area contributed by atoms with E-state index in [0.717, 1.165) is 81.7 Å². The molecule has 0 saturated carbocycles. The van der Waals surface area contributed by atoms with Crippen LogP contribution in [0.1, 0.15) is 69.4 Å². The topological polar surface area (TPSA) is 194 Å². The number of nitrogens with two attached hydrogens (primary N) is 6. The highest BCUT2D eigenvalue weighted by Crippen LogP contribution is 2.28. The maximum absolute atomic E-state index is 11.5. The third-order valence-electron chi connectivity index (χ3n) is 7.80. The normalized spacial score (nSPS) is 10.5. The average Bonchev–Trinajstić information content (AvgIpc) is 3.14. The summed E-state index contributed by atoms with van der Waals surface area (Å²) in [6, 6.07) is 29.7. The van der Waals surface area contributed by atoms with E-state index in [9.17, 15) is 4.79 Å². The molecule has 5 rings (SSSR count). The fraction of sp³-hybridized carbons (Fsp3) is 0.214. The van der Waals surface area contributed by atoms with Crippen LogP contribution in [0.25, 0.3) is 22.9 Å². The molecule has 0 radical (unpaired) electrons. The lowest BCUT2D eigenvalue weighted by Crippen LogP contribution is -2.14. The molecule has 5 aromatic carbocycles. The van der Waals surface area contributed by atoms with Gasteiger partial charge in [0, 0.05) is 69.2 Å². The number of nitrogen functional groups attached to an aromatic ring is 6. The summed E-state index contributed by atoms with van der Waals surface area (Å²) >= 11 is 0. The number of esters is 1. The fourth-order valence-electron chi connectivity index (χ4n) is 4.66. The predicted octanol–water partition coefficient (Wildman–Crippen LogP) is 9.48. The minimum absolute atomic E-state index is 0. The third kappa shape index (κ3) is 13.7. The van der Waals surface area contributed by atoms with Gasteiger partial charge in [0.25, 0.3) is 0 Å². The van der Waals surface area contributed by atoms with Gasteiger partial charge in [0.15, 0.2) is 0 Å². The highest BCUT2D eigenvalue weighted by Gasteiger charge is 2.08. The second kappa shape index (κ2) is 21.8. The first kappa shape index (κ1) is 41.1. The molecule has 0 spiro atoms. The lowest BCUT2D eigenvalue weighted by Gasteiger charge is -2.17. The first-order valence-corrected chi connectivity index (χ1v) is 17.1. The van der Waals surface area contributed by atoms with Crippen molar-refractivity contribution in [1.29, 1.82) is 0 Å². The van der Waals surface area contributed by atoms with Crippen molar-refractivity contribution in [3.63, 3.8) is 0 Å². The molecule has 13 N–H and O–H groups in total. The van der Waals surface area contributed by atoms with Gasteiger partial charge in [-0.2, -0.15) is 0 Å². The zero-order chi connectivity index (χ0) is 37.8. The summed E-state index contributed by atoms with van der Waals surface area (Å²) in [5, 5.41) is 5.49. The van der Waals surface area contributed by atoms with Gasteiger partial charge in [-0.05, 0) is 92.6 Å². The Morgan fingerprint density at radius 1 is 0.686 bits per heavy atom. The molecule has 0 fully saturated rings. The molecular weight excluding hydrogens is 635 g/mol. The predicted molar refractivity (Wildman–Crippen MR) is 225 cm³/mol. The lowest BCUT2D eigenvalue weighted by molar-refractivity contribution is 0.0498. The van der Waals surface area contributed by atoms with Crippen molar-refractivity contribution in [3.8, 4) is 0 Å². The number of hydrogen-bond donors (Lipinski definition) is 7. The van der Waals surface area contributed by atoms with E-state index in [1.165, 1.54) is 0 Å². The number of ether oxygens (including phenoxy) is 1. The summed E-state index contributed by atoms with van der Waals surface area (Å²) in [6.45, 7) is 14.5. The molecule has 0 aliphatic rings. The molecule has 1 unspecified atom stereocenters. The SMILES string of the molecule is C=Cc1c(N)ccc(NC(C)CC)c1C=C.CCCCCOC(=O)c1ccc(N)cc1.Nc1ccc(N)c2ccccc12.Nc1ccc(N)cc1.[HH]. The quantitative estimate of drug-likeness (QED) is 0.0424. The van der Waals surface area contributed by atoms with Gasteiger partial charge in [-0.25, -0.2) is 4.79 Å². The van der Waals surface area contributed by atoms with Crippen LogP contribution in [0.15, 0.2) is 110 Å². The van der Waals surface area contributed by atoms with Crippen molar-refractivity contribution in [3.05, 3.63) is 127 Å². The molecule has 5 aromatic rings. The molecule has 0 aliphatic carbocycles. The Labute approximate surface area is 304 Å². The van der Waals surface area contributed by atoms with Crippen molar-refractivity contribution in [2.75, 3.05) is 46.3 Å². The lowest BCUT2D eigenvalue weighted by atomic mass is 10.0. The monoisotopic (exact) mass is 691 g/mol. The smallest absolute Gasteiger partial charge is 0.338 e. The van der Waals surface area contributed by atoms with E-state index < -0.39 is 0 Å². The number of carbonyl (C=O) groups is 1. The van der Waals surface area contributed by atoms with Gasteiger partial charge in [-0.3, -0.25) is 0 Å². The number of benzene rings is 5. The van der Waals surface area contributed by atoms with E-state index in [-0.39, 0.29) is 7.40 Å². The van der Waals surface area contributed by atoms with E-state index in [0.29, 0.717) is 23.9 Å². The molecule has 9 nitrogen and oxygen atoms in total. The van der Waals surface area contributed by atoms with Crippen LogP contribution in [0.2, 0.25) is 0 Å². The summed E-state index contributed by atoms with van der Waals surface area (Å²) in [6.07, 6.45) is 7.81. The van der Waals surface area contributed by atoms with E-state index in [1.807, 2.05) is 54.6 Å². The third-order valence-corrected chi connectivity index (χ3v) is 7.80. The highest BCUT2D eigenvalue weighted by molar-refractivity contribution is 6.00. The van der Waals surface area contributed by atoms with E-state index in [4.69, 9.17) is 39.1 Å². The molecular formula is C42H57N7O2. The maximum Gasteiger partial charge on any atom is 0.338 e. The van der Waals surface area contributed by atoms with Crippen LogP contribution in [0.4, 0.5) is 39.8 Å². The molecule has 0 saturated heterocycles. The molecule has 0 heterocycles. The molecule has 0 aliphatic heterocycles. The summed E-state index contributed by atoms with van der Waals surface area (Å²) < 4.78 is 5.09. The zero-order valence-corrected chi connectivity index (χ0v) is 30.2. The van der Waals surface area contributed by atoms with Gasteiger partial charge in [0.2, 0.25) is 0 Å². The van der Waals surface area contributed by atoms with Crippen molar-refractivity contribution < 1.29 is 11.0 Å². The molecule has 272 valence electrons. The van der Waals surface area contributed by atoms with E-state index >= 15 is 0 Å². The zero-order valence-electron chi connectivity index (χ0n) is 30.2. The number of fused-ring (bicyclic) bond motifs is 1. The van der Waals surface area contributed by atoms with Crippen LogP contribution in [-0.2, 0) is 4.74 Å². The van der Waals surface area contributed by atoms with Crippen LogP contribution in [-0.4, -0.2) is 18.6 Å². The standard InChI is InChI=1S/C14H20N2.C12H17NO2.C10H10N2.C6H8N2.H2/c1-5-10(4)16-14-9-8-13(15)11(6-2)12(14)7-3;1-2-3-4-9-15-12(14)10-5-7-11(13)8-6-10;11-9-5-6-10(12)8-4-2-1-3-7(8)9;7-5-1-2-6(8)4-3-5;/h6-10,16H,2-3,5,15H2,1,4H3;5-8H,2-4,9,13H2,1H3;1-6H,11-12H2;1-4H,7-8H2;1H. The second-order valence-electron chi connectivity index (χ2n) is 11.8. The maximum atomic E-state index is 11.5. The Balaban J connectivity index is 0.000000353. The molecule has 9 heteroatoms. The van der Waals surface area contributed by atoms with Crippen molar-refractivity contribution in [2.45, 2.75) is 52.5 Å². The van der Waals surface area contributed by atoms with Crippen LogP contribution < -0.4 is 39.7 Å². The highest BCUT2D eigenvalue weighted by atomic mass is 16.5. The second-order valence-corrected chi connectivity index (χ2v) is 11.8. The largest absolute Gasteiger partial charge is 0.462 e. The molecule has 0 amide bonds. The van der Waals surface area contributed by atoms with Crippen LogP contribution in [0.5, 0.6) is 0 Å². The van der Waals surface area contributed by atoms with Gasteiger partial charge in [0.1, 0.15) is 0 Å². The number of anilines is 7. The minimum atomic E-state index is -0.272. The Kier molecular flexibility index (Phi) is 17.6. The van der Waals surface area contributed by atoms with E-state index in [1.54, 1.807) is 54.6 Å². The number of rotatable bonds is 10. The van der Waals surface area contributed by atoms with Gasteiger partial charge in [0.05, 0.1) is 12.2 Å². The fourth-order valence-corrected chi connectivity index (χ4v) is 4.66. The summed E-state index contributed by atoms with van der Waals surface area (Å²) in [5.74, 6) is -0.272. The number of unbranched alkanes of at least 4 members (excludes halogenated alkanes) is 2. The van der Waals surface area contributed by atoms with Gasteiger partial charge in [-0.15, -0.1) is 0 Å².